The molecule has 1 saturated heterocycles. The number of hydrogen-bond donors (Lipinski definition) is 0. The molecule has 0 saturated carbocycles. The second kappa shape index (κ2) is 5.23. The fourth-order valence-corrected chi connectivity index (χ4v) is 1.94. The Bertz CT molecular complexity index is 395. The van der Waals surface area contributed by atoms with E-state index in [1.807, 2.05) is 25.1 Å². The maximum Gasteiger partial charge on any atom is 0.151 e. The molecule has 2 heterocycles. The van der Waals surface area contributed by atoms with E-state index in [9.17, 15) is 4.79 Å². The number of nitrogens with zero attached hydrogens (tertiary/aromatic N) is 3. The molecule has 0 radical (unpaired) electrons. The van der Waals surface area contributed by atoms with E-state index in [0.29, 0.717) is 6.61 Å². The molecule has 0 amide bonds. The Morgan fingerprint density at radius 2 is 2.35 bits per heavy atom. The SMILES string of the molecule is CN(C)c1cc(C2CC(C=O)CCO2)cnn1. The highest BCUT2D eigenvalue weighted by molar-refractivity contribution is 5.53. The molecule has 2 unspecified atom stereocenters. The first-order valence-electron chi connectivity index (χ1n) is 5.77. The van der Waals surface area contributed by atoms with Crippen LogP contribution in [-0.2, 0) is 9.53 Å². The van der Waals surface area contributed by atoms with Crippen molar-refractivity contribution in [1.82, 2.24) is 10.2 Å². The molecule has 0 bridgehead atoms. The first-order chi connectivity index (χ1) is 8.20. The van der Waals surface area contributed by atoms with Crippen molar-refractivity contribution in [2.45, 2.75) is 18.9 Å². The predicted molar refractivity (Wildman–Crippen MR) is 63.8 cm³/mol. The van der Waals surface area contributed by atoms with Gasteiger partial charge in [-0.2, -0.15) is 5.10 Å². The zero-order valence-corrected chi connectivity index (χ0v) is 10.2. The quantitative estimate of drug-likeness (QED) is 0.737. The van der Waals surface area contributed by atoms with E-state index in [1.54, 1.807) is 6.20 Å². The molecule has 0 aliphatic carbocycles. The smallest absolute Gasteiger partial charge is 0.151 e. The minimum absolute atomic E-state index is 0.0341. The molecule has 1 aromatic heterocycles. The van der Waals surface area contributed by atoms with E-state index in [-0.39, 0.29) is 12.0 Å². The highest BCUT2D eigenvalue weighted by atomic mass is 16.5. The molecule has 1 aliphatic rings. The maximum atomic E-state index is 10.8. The van der Waals surface area contributed by atoms with Crippen molar-refractivity contribution in [3.63, 3.8) is 0 Å². The summed E-state index contributed by atoms with van der Waals surface area (Å²) in [7, 11) is 3.84. The van der Waals surface area contributed by atoms with Gasteiger partial charge < -0.3 is 14.4 Å². The Labute approximate surface area is 101 Å². The Morgan fingerprint density at radius 3 is 3.06 bits per heavy atom. The molecule has 5 nitrogen and oxygen atoms in total. The molecule has 5 heteroatoms. The number of hydrogen-bond acceptors (Lipinski definition) is 5. The van der Waals surface area contributed by atoms with Gasteiger partial charge in [-0.3, -0.25) is 0 Å². The monoisotopic (exact) mass is 235 g/mol. The van der Waals surface area contributed by atoms with Crippen molar-refractivity contribution < 1.29 is 9.53 Å². The summed E-state index contributed by atoms with van der Waals surface area (Å²) in [5, 5.41) is 8.00. The second-order valence-corrected chi connectivity index (χ2v) is 4.52. The van der Waals surface area contributed by atoms with Crippen LogP contribution in [0.5, 0.6) is 0 Å². The van der Waals surface area contributed by atoms with Crippen LogP contribution in [-0.4, -0.2) is 37.2 Å². The zero-order chi connectivity index (χ0) is 12.3. The molecule has 0 N–H and O–H groups in total. The molecule has 92 valence electrons. The summed E-state index contributed by atoms with van der Waals surface area (Å²) < 4.78 is 5.69. The lowest BCUT2D eigenvalue weighted by molar-refractivity contribution is -0.115. The first kappa shape index (κ1) is 12.0. The lowest BCUT2D eigenvalue weighted by Gasteiger charge is -2.27. The summed E-state index contributed by atoms with van der Waals surface area (Å²) in [5.41, 5.74) is 0.996. The van der Waals surface area contributed by atoms with Crippen molar-refractivity contribution in [3.8, 4) is 0 Å². The molecule has 1 aliphatic heterocycles. The summed E-state index contributed by atoms with van der Waals surface area (Å²) in [5.74, 6) is 0.907. The number of aromatic nitrogens is 2. The summed E-state index contributed by atoms with van der Waals surface area (Å²) in [6.07, 6.45) is 4.26. The van der Waals surface area contributed by atoms with Crippen LogP contribution < -0.4 is 4.90 Å². The number of ether oxygens (including phenoxy) is 1. The zero-order valence-electron chi connectivity index (χ0n) is 10.2. The largest absolute Gasteiger partial charge is 0.373 e. The normalized spacial score (nSPS) is 24.4. The number of carbonyl (C=O) groups excluding carboxylic acids is 1. The molecular weight excluding hydrogens is 218 g/mol. The highest BCUT2D eigenvalue weighted by Crippen LogP contribution is 2.31. The fraction of sp³-hybridized carbons (Fsp3) is 0.583. The first-order valence-corrected chi connectivity index (χ1v) is 5.77. The van der Waals surface area contributed by atoms with E-state index >= 15 is 0 Å². The topological polar surface area (TPSA) is 55.3 Å². The van der Waals surface area contributed by atoms with Gasteiger partial charge in [-0.05, 0) is 18.9 Å². The Kier molecular flexibility index (Phi) is 3.68. The Hall–Kier alpha value is -1.49. The van der Waals surface area contributed by atoms with Gasteiger partial charge in [0.2, 0.25) is 0 Å². The molecule has 1 aromatic rings. The predicted octanol–water partition coefficient (Wildman–Crippen LogP) is 1.21. The van der Waals surface area contributed by atoms with Gasteiger partial charge in [-0.15, -0.1) is 5.10 Å². The molecule has 2 atom stereocenters. The number of rotatable bonds is 3. The fourth-order valence-electron chi connectivity index (χ4n) is 1.94. The van der Waals surface area contributed by atoms with Crippen LogP contribution >= 0.6 is 0 Å². The highest BCUT2D eigenvalue weighted by Gasteiger charge is 2.24. The molecule has 0 aromatic carbocycles. The van der Waals surface area contributed by atoms with Gasteiger partial charge in [-0.25, -0.2) is 0 Å². The molecular formula is C12H17N3O2. The summed E-state index contributed by atoms with van der Waals surface area (Å²) >= 11 is 0. The van der Waals surface area contributed by atoms with Gasteiger partial charge >= 0.3 is 0 Å². The van der Waals surface area contributed by atoms with Gasteiger partial charge in [0.25, 0.3) is 0 Å². The van der Waals surface area contributed by atoms with Crippen LogP contribution in [0.1, 0.15) is 24.5 Å². The van der Waals surface area contributed by atoms with E-state index in [1.165, 1.54) is 0 Å². The lowest BCUT2D eigenvalue weighted by atomic mass is 9.94. The van der Waals surface area contributed by atoms with Crippen LogP contribution in [0.25, 0.3) is 0 Å². The minimum Gasteiger partial charge on any atom is -0.373 e. The van der Waals surface area contributed by atoms with Gasteiger partial charge in [0, 0.05) is 32.2 Å². The van der Waals surface area contributed by atoms with Crippen molar-refractivity contribution in [2.75, 3.05) is 25.6 Å². The van der Waals surface area contributed by atoms with E-state index in [4.69, 9.17) is 4.74 Å². The average Bonchev–Trinajstić information content (AvgIpc) is 2.39. The maximum absolute atomic E-state index is 10.8. The molecule has 0 spiro atoms. The number of carbonyl (C=O) groups is 1. The average molecular weight is 235 g/mol. The van der Waals surface area contributed by atoms with Gasteiger partial charge in [0.05, 0.1) is 12.3 Å². The number of aldehydes is 1. The third kappa shape index (κ3) is 2.79. The van der Waals surface area contributed by atoms with Crippen molar-refractivity contribution in [3.05, 3.63) is 17.8 Å². The minimum atomic E-state index is -0.0341. The van der Waals surface area contributed by atoms with Crippen molar-refractivity contribution in [1.29, 1.82) is 0 Å². The lowest BCUT2D eigenvalue weighted by Crippen LogP contribution is -2.21. The second-order valence-electron chi connectivity index (χ2n) is 4.52. The van der Waals surface area contributed by atoms with Gasteiger partial charge in [-0.1, -0.05) is 0 Å². The van der Waals surface area contributed by atoms with Crippen LogP contribution in [0.2, 0.25) is 0 Å². The van der Waals surface area contributed by atoms with Crippen LogP contribution in [0.4, 0.5) is 5.82 Å². The third-order valence-corrected chi connectivity index (χ3v) is 3.01. The summed E-state index contributed by atoms with van der Waals surface area (Å²) in [6, 6.07) is 1.96. The van der Waals surface area contributed by atoms with Gasteiger partial charge in [0.15, 0.2) is 5.82 Å². The van der Waals surface area contributed by atoms with Crippen molar-refractivity contribution >= 4 is 12.1 Å². The van der Waals surface area contributed by atoms with E-state index in [0.717, 1.165) is 30.5 Å². The van der Waals surface area contributed by atoms with Crippen LogP contribution in [0, 0.1) is 5.92 Å². The molecule has 2 rings (SSSR count). The third-order valence-electron chi connectivity index (χ3n) is 3.01. The molecule has 1 fully saturated rings. The van der Waals surface area contributed by atoms with E-state index < -0.39 is 0 Å². The van der Waals surface area contributed by atoms with Crippen molar-refractivity contribution in [2.24, 2.45) is 5.92 Å². The molecule has 17 heavy (non-hydrogen) atoms. The number of anilines is 1. The van der Waals surface area contributed by atoms with Gasteiger partial charge in [0.1, 0.15) is 6.29 Å². The van der Waals surface area contributed by atoms with Crippen LogP contribution in [0.15, 0.2) is 12.3 Å². The van der Waals surface area contributed by atoms with E-state index in [2.05, 4.69) is 10.2 Å². The summed E-state index contributed by atoms with van der Waals surface area (Å²) in [6.45, 7) is 0.633. The Balaban J connectivity index is 2.15. The standard InChI is InChI=1S/C12H17N3O2/c1-15(2)12-6-10(7-13-14-12)11-5-9(8-16)3-4-17-11/h6-9,11H,3-5H2,1-2H3. The Morgan fingerprint density at radius 1 is 1.53 bits per heavy atom. The van der Waals surface area contributed by atoms with Crippen LogP contribution in [0.3, 0.4) is 0 Å². The summed E-state index contributed by atoms with van der Waals surface area (Å²) in [4.78, 5) is 12.7.